The Kier molecular flexibility index (Phi) is 5.22. The second kappa shape index (κ2) is 7.74. The summed E-state index contributed by atoms with van der Waals surface area (Å²) >= 11 is 0. The number of aromatic nitrogens is 2. The van der Waals surface area contributed by atoms with E-state index in [4.69, 9.17) is 9.47 Å². The van der Waals surface area contributed by atoms with E-state index in [-0.39, 0.29) is 0 Å². The van der Waals surface area contributed by atoms with Gasteiger partial charge in [-0.1, -0.05) is 0 Å². The third kappa shape index (κ3) is 4.20. The van der Waals surface area contributed by atoms with Gasteiger partial charge in [0.15, 0.2) is 5.82 Å². The maximum atomic E-state index is 5.38. The molecule has 7 nitrogen and oxygen atoms in total. The monoisotopic (exact) mass is 327 g/mol. The number of methoxy groups -OCH3 is 1. The topological polar surface area (TPSA) is 71.9 Å². The molecular weight excluding hydrogens is 306 g/mol. The van der Waals surface area contributed by atoms with E-state index in [1.54, 1.807) is 13.3 Å². The Labute approximate surface area is 141 Å². The fraction of sp³-hybridized carbons (Fsp3) is 0.353. The first-order valence-electron chi connectivity index (χ1n) is 7.86. The Morgan fingerprint density at radius 3 is 2.67 bits per heavy atom. The summed E-state index contributed by atoms with van der Waals surface area (Å²) in [5.41, 5.74) is 3.95. The molecule has 0 bridgehead atoms. The highest BCUT2D eigenvalue weighted by molar-refractivity contribution is 5.80. The Hall–Kier alpha value is -2.67. The van der Waals surface area contributed by atoms with E-state index in [0.29, 0.717) is 11.6 Å². The molecule has 1 N–H and O–H groups in total. The number of rotatable bonds is 5. The summed E-state index contributed by atoms with van der Waals surface area (Å²) in [6.07, 6.45) is 1.74. The zero-order valence-electron chi connectivity index (χ0n) is 13.9. The highest BCUT2D eigenvalue weighted by Crippen LogP contribution is 2.17. The molecule has 0 atom stereocenters. The first-order chi connectivity index (χ1) is 11.7. The summed E-state index contributed by atoms with van der Waals surface area (Å²) in [5.74, 6) is 3.10. The van der Waals surface area contributed by atoms with E-state index in [9.17, 15) is 0 Å². The molecule has 24 heavy (non-hydrogen) atoms. The van der Waals surface area contributed by atoms with Crippen molar-refractivity contribution in [3.63, 3.8) is 0 Å². The normalized spacial score (nSPS) is 14.8. The SMILES string of the molecule is COc1ccc(/C=N\Nc2cc(N3CCOCC3)nc(C)n2)cc1. The van der Waals surface area contributed by atoms with Gasteiger partial charge in [-0.3, -0.25) is 5.43 Å². The van der Waals surface area contributed by atoms with Gasteiger partial charge in [0.25, 0.3) is 0 Å². The molecule has 0 amide bonds. The lowest BCUT2D eigenvalue weighted by Gasteiger charge is -2.28. The van der Waals surface area contributed by atoms with Crippen molar-refractivity contribution >= 4 is 17.9 Å². The lowest BCUT2D eigenvalue weighted by Crippen LogP contribution is -2.36. The smallest absolute Gasteiger partial charge is 0.152 e. The summed E-state index contributed by atoms with van der Waals surface area (Å²) in [4.78, 5) is 11.1. The molecule has 126 valence electrons. The van der Waals surface area contributed by atoms with Gasteiger partial charge < -0.3 is 14.4 Å². The van der Waals surface area contributed by atoms with Crippen LogP contribution in [-0.2, 0) is 4.74 Å². The molecule has 0 unspecified atom stereocenters. The molecular formula is C17H21N5O2. The Morgan fingerprint density at radius 2 is 1.96 bits per heavy atom. The number of benzene rings is 1. The van der Waals surface area contributed by atoms with Crippen molar-refractivity contribution < 1.29 is 9.47 Å². The minimum absolute atomic E-state index is 0.675. The van der Waals surface area contributed by atoms with Crippen LogP contribution < -0.4 is 15.1 Å². The van der Waals surface area contributed by atoms with Gasteiger partial charge in [0.2, 0.25) is 0 Å². The van der Waals surface area contributed by atoms with Crippen molar-refractivity contribution in [1.82, 2.24) is 9.97 Å². The number of hydrogen-bond acceptors (Lipinski definition) is 7. The molecule has 0 spiro atoms. The van der Waals surface area contributed by atoms with Crippen LogP contribution in [0.5, 0.6) is 5.75 Å². The predicted molar refractivity (Wildman–Crippen MR) is 94.0 cm³/mol. The van der Waals surface area contributed by atoms with Crippen LogP contribution in [0.25, 0.3) is 0 Å². The zero-order valence-corrected chi connectivity index (χ0v) is 13.9. The van der Waals surface area contributed by atoms with Gasteiger partial charge in [-0.2, -0.15) is 5.10 Å². The van der Waals surface area contributed by atoms with E-state index in [2.05, 4.69) is 25.4 Å². The van der Waals surface area contributed by atoms with E-state index < -0.39 is 0 Å². The van der Waals surface area contributed by atoms with Gasteiger partial charge in [0.1, 0.15) is 17.4 Å². The van der Waals surface area contributed by atoms with Crippen LogP contribution in [-0.4, -0.2) is 49.6 Å². The largest absolute Gasteiger partial charge is 0.497 e. The molecule has 3 rings (SSSR count). The molecule has 1 saturated heterocycles. The third-order valence-electron chi connectivity index (χ3n) is 3.67. The van der Waals surface area contributed by atoms with Crippen molar-refractivity contribution in [3.8, 4) is 5.75 Å². The predicted octanol–water partition coefficient (Wildman–Crippen LogP) is 2.08. The Morgan fingerprint density at radius 1 is 1.21 bits per heavy atom. The first kappa shape index (κ1) is 16.2. The van der Waals surface area contributed by atoms with Crippen LogP contribution in [0, 0.1) is 6.92 Å². The summed E-state index contributed by atoms with van der Waals surface area (Å²) in [7, 11) is 1.65. The molecule has 1 aliphatic heterocycles. The van der Waals surface area contributed by atoms with E-state index in [1.807, 2.05) is 37.3 Å². The maximum absolute atomic E-state index is 5.38. The minimum Gasteiger partial charge on any atom is -0.497 e. The number of hydrogen-bond donors (Lipinski definition) is 1. The summed E-state index contributed by atoms with van der Waals surface area (Å²) in [6.45, 7) is 5.00. The number of hydrazone groups is 1. The van der Waals surface area contributed by atoms with E-state index in [0.717, 1.165) is 43.4 Å². The van der Waals surface area contributed by atoms with Crippen LogP contribution in [0.1, 0.15) is 11.4 Å². The highest BCUT2D eigenvalue weighted by Gasteiger charge is 2.13. The number of aryl methyl sites for hydroxylation is 1. The second-order valence-electron chi connectivity index (χ2n) is 5.40. The molecule has 1 fully saturated rings. The van der Waals surface area contributed by atoms with E-state index in [1.165, 1.54) is 0 Å². The second-order valence-corrected chi connectivity index (χ2v) is 5.40. The lowest BCUT2D eigenvalue weighted by molar-refractivity contribution is 0.122. The molecule has 1 aromatic heterocycles. The fourth-order valence-electron chi connectivity index (χ4n) is 2.43. The molecule has 0 saturated carbocycles. The van der Waals surface area contributed by atoms with Crippen LogP contribution in [0.4, 0.5) is 11.6 Å². The van der Waals surface area contributed by atoms with Gasteiger partial charge in [0, 0.05) is 19.2 Å². The molecule has 2 heterocycles. The van der Waals surface area contributed by atoms with Gasteiger partial charge in [0.05, 0.1) is 26.5 Å². The number of nitrogens with one attached hydrogen (secondary N) is 1. The molecule has 1 aliphatic rings. The number of anilines is 2. The lowest BCUT2D eigenvalue weighted by atomic mass is 10.2. The van der Waals surface area contributed by atoms with Gasteiger partial charge in [-0.15, -0.1) is 0 Å². The van der Waals surface area contributed by atoms with Crippen molar-refractivity contribution in [3.05, 3.63) is 41.7 Å². The standard InChI is InChI=1S/C17H21N5O2/c1-13-19-16(11-17(20-13)22-7-9-24-10-8-22)21-18-12-14-3-5-15(23-2)6-4-14/h3-6,11-12H,7-10H2,1-2H3,(H,19,20,21)/b18-12-. The fourth-order valence-corrected chi connectivity index (χ4v) is 2.43. The van der Waals surface area contributed by atoms with Gasteiger partial charge in [-0.25, -0.2) is 9.97 Å². The molecule has 1 aromatic carbocycles. The van der Waals surface area contributed by atoms with Crippen LogP contribution in [0.15, 0.2) is 35.4 Å². The highest BCUT2D eigenvalue weighted by atomic mass is 16.5. The molecule has 0 radical (unpaired) electrons. The minimum atomic E-state index is 0.675. The zero-order chi connectivity index (χ0) is 16.8. The van der Waals surface area contributed by atoms with Crippen LogP contribution in [0.3, 0.4) is 0 Å². The van der Waals surface area contributed by atoms with Crippen molar-refractivity contribution in [1.29, 1.82) is 0 Å². The van der Waals surface area contributed by atoms with Gasteiger partial charge >= 0.3 is 0 Å². The Bertz CT molecular complexity index is 697. The molecule has 7 heteroatoms. The van der Waals surface area contributed by atoms with E-state index >= 15 is 0 Å². The Balaban J connectivity index is 1.67. The third-order valence-corrected chi connectivity index (χ3v) is 3.67. The first-order valence-corrected chi connectivity index (χ1v) is 7.86. The molecule has 0 aliphatic carbocycles. The average Bonchev–Trinajstić information content (AvgIpc) is 2.63. The summed E-state index contributed by atoms with van der Waals surface area (Å²) in [5, 5.41) is 4.25. The van der Waals surface area contributed by atoms with Gasteiger partial charge in [-0.05, 0) is 36.8 Å². The van der Waals surface area contributed by atoms with Crippen LogP contribution >= 0.6 is 0 Å². The number of ether oxygens (including phenoxy) is 2. The average molecular weight is 327 g/mol. The maximum Gasteiger partial charge on any atom is 0.152 e. The summed E-state index contributed by atoms with van der Waals surface area (Å²) < 4.78 is 10.5. The van der Waals surface area contributed by atoms with Crippen molar-refractivity contribution in [2.24, 2.45) is 5.10 Å². The molecule has 2 aromatic rings. The van der Waals surface area contributed by atoms with Crippen molar-refractivity contribution in [2.75, 3.05) is 43.7 Å². The summed E-state index contributed by atoms with van der Waals surface area (Å²) in [6, 6.07) is 9.58. The quantitative estimate of drug-likeness (QED) is 0.670. The number of nitrogens with zero attached hydrogens (tertiary/aromatic N) is 4. The van der Waals surface area contributed by atoms with Crippen LogP contribution in [0.2, 0.25) is 0 Å². The number of morpholine rings is 1. The van der Waals surface area contributed by atoms with Crippen molar-refractivity contribution in [2.45, 2.75) is 6.92 Å².